The molecule has 1 rings (SSSR count). The molecule has 0 fully saturated rings. The summed E-state index contributed by atoms with van der Waals surface area (Å²) in [4.78, 5) is 11.1. The molecule has 0 atom stereocenters. The Morgan fingerprint density at radius 3 is 2.50 bits per heavy atom. The zero-order valence-electron chi connectivity index (χ0n) is 7.35. The minimum absolute atomic E-state index is 0.120. The number of carbonyl (C=O) groups is 1. The van der Waals surface area contributed by atoms with E-state index >= 15 is 0 Å². The zero-order chi connectivity index (χ0) is 10.9. The fourth-order valence-electron chi connectivity index (χ4n) is 1.09. The fourth-order valence-corrected chi connectivity index (χ4v) is 1.77. The van der Waals surface area contributed by atoms with Gasteiger partial charge in [-0.2, -0.15) is 0 Å². The first-order valence-electron chi connectivity index (χ1n) is 3.81. The molecule has 0 radical (unpaired) electrons. The molecule has 1 aromatic carbocycles. The van der Waals surface area contributed by atoms with Gasteiger partial charge in [0, 0.05) is 21.3 Å². The molecule has 0 aliphatic heterocycles. The van der Waals surface area contributed by atoms with Crippen LogP contribution >= 0.6 is 15.9 Å². The Morgan fingerprint density at radius 1 is 1.50 bits per heavy atom. The first-order valence-corrected chi connectivity index (χ1v) is 4.60. The van der Waals surface area contributed by atoms with E-state index in [9.17, 15) is 13.6 Å². The molecule has 0 bridgehead atoms. The number of nitrogens with two attached hydrogens (primary N) is 1. The Morgan fingerprint density at radius 2 is 2.07 bits per heavy atom. The van der Waals surface area contributed by atoms with E-state index < -0.39 is 6.43 Å². The zero-order valence-corrected chi connectivity index (χ0v) is 8.94. The first kappa shape index (κ1) is 11.1. The molecule has 0 amide bonds. The van der Waals surface area contributed by atoms with Crippen LogP contribution in [0.5, 0.6) is 0 Å². The van der Waals surface area contributed by atoms with E-state index in [0.717, 1.165) is 6.07 Å². The van der Waals surface area contributed by atoms with Crippen molar-refractivity contribution in [1.29, 1.82) is 0 Å². The van der Waals surface area contributed by atoms with Crippen LogP contribution in [-0.4, -0.2) is 5.78 Å². The maximum Gasteiger partial charge on any atom is 0.265 e. The lowest BCUT2D eigenvalue weighted by atomic mass is 10.1. The third kappa shape index (κ3) is 2.09. The van der Waals surface area contributed by atoms with Gasteiger partial charge in [-0.1, -0.05) is 0 Å². The van der Waals surface area contributed by atoms with Crippen LogP contribution in [0.3, 0.4) is 0 Å². The van der Waals surface area contributed by atoms with Crippen LogP contribution < -0.4 is 5.73 Å². The van der Waals surface area contributed by atoms with Crippen LogP contribution in [0.25, 0.3) is 0 Å². The number of halogens is 3. The van der Waals surface area contributed by atoms with Gasteiger partial charge in [-0.05, 0) is 35.0 Å². The van der Waals surface area contributed by atoms with Gasteiger partial charge in [-0.3, -0.25) is 4.79 Å². The van der Waals surface area contributed by atoms with Gasteiger partial charge in [0.15, 0.2) is 5.78 Å². The van der Waals surface area contributed by atoms with Crippen LogP contribution in [0.1, 0.15) is 29.3 Å². The largest absolute Gasteiger partial charge is 0.399 e. The van der Waals surface area contributed by atoms with Crippen molar-refractivity contribution in [3.8, 4) is 0 Å². The second-order valence-corrected chi connectivity index (χ2v) is 3.62. The molecule has 0 aromatic heterocycles. The van der Waals surface area contributed by atoms with Gasteiger partial charge in [-0.15, -0.1) is 0 Å². The molecular formula is C9H8BrF2NO. The number of carbonyl (C=O) groups excluding carboxylic acids is 1. The van der Waals surface area contributed by atoms with Crippen molar-refractivity contribution >= 4 is 27.4 Å². The highest BCUT2D eigenvalue weighted by Crippen LogP contribution is 2.32. The van der Waals surface area contributed by atoms with Crippen molar-refractivity contribution in [3.05, 3.63) is 27.7 Å². The summed E-state index contributed by atoms with van der Waals surface area (Å²) in [5.74, 6) is -0.300. The van der Waals surface area contributed by atoms with Gasteiger partial charge in [0.2, 0.25) is 0 Å². The van der Waals surface area contributed by atoms with Gasteiger partial charge in [0.25, 0.3) is 6.43 Å². The lowest BCUT2D eigenvalue weighted by Crippen LogP contribution is -2.00. The second kappa shape index (κ2) is 4.04. The van der Waals surface area contributed by atoms with Gasteiger partial charge in [-0.25, -0.2) is 8.78 Å². The minimum Gasteiger partial charge on any atom is -0.399 e. The molecule has 0 aliphatic carbocycles. The number of rotatable bonds is 2. The third-order valence-electron chi connectivity index (χ3n) is 1.74. The van der Waals surface area contributed by atoms with Crippen molar-refractivity contribution in [2.24, 2.45) is 0 Å². The Balaban J connectivity index is 3.40. The molecule has 0 spiro atoms. The van der Waals surface area contributed by atoms with Crippen molar-refractivity contribution in [2.75, 3.05) is 5.73 Å². The number of hydrogen-bond acceptors (Lipinski definition) is 2. The Kier molecular flexibility index (Phi) is 3.21. The predicted octanol–water partition coefficient (Wildman–Crippen LogP) is 3.17. The molecule has 0 heterocycles. The Bertz CT molecular complexity index is 379. The number of anilines is 1. The normalized spacial score (nSPS) is 10.6. The fraction of sp³-hybridized carbons (Fsp3) is 0.222. The van der Waals surface area contributed by atoms with Crippen molar-refractivity contribution < 1.29 is 13.6 Å². The van der Waals surface area contributed by atoms with E-state index in [1.165, 1.54) is 13.0 Å². The molecule has 1 aromatic rings. The van der Waals surface area contributed by atoms with Crippen molar-refractivity contribution in [3.63, 3.8) is 0 Å². The lowest BCUT2D eigenvalue weighted by Gasteiger charge is -2.08. The molecular weight excluding hydrogens is 256 g/mol. The van der Waals surface area contributed by atoms with Gasteiger partial charge < -0.3 is 5.73 Å². The van der Waals surface area contributed by atoms with Crippen LogP contribution in [0.4, 0.5) is 14.5 Å². The molecule has 14 heavy (non-hydrogen) atoms. The number of ketones is 1. The molecule has 2 N–H and O–H groups in total. The third-order valence-corrected chi connectivity index (χ3v) is 2.62. The van der Waals surface area contributed by atoms with Crippen LogP contribution in [0.15, 0.2) is 16.6 Å². The first-order chi connectivity index (χ1) is 6.43. The highest BCUT2D eigenvalue weighted by atomic mass is 79.9. The topological polar surface area (TPSA) is 43.1 Å². The molecule has 0 unspecified atom stereocenters. The molecule has 0 saturated carbocycles. The summed E-state index contributed by atoms with van der Waals surface area (Å²) in [6, 6.07) is 2.53. The monoisotopic (exact) mass is 263 g/mol. The van der Waals surface area contributed by atoms with Gasteiger partial charge >= 0.3 is 0 Å². The maximum absolute atomic E-state index is 12.5. The number of nitrogen functional groups attached to an aromatic ring is 1. The summed E-state index contributed by atoms with van der Waals surface area (Å²) in [5, 5.41) is 0. The summed E-state index contributed by atoms with van der Waals surface area (Å²) in [6.45, 7) is 1.30. The number of hydrogen-bond donors (Lipinski definition) is 1. The van der Waals surface area contributed by atoms with Gasteiger partial charge in [0.1, 0.15) is 0 Å². The molecule has 0 aliphatic rings. The molecule has 0 saturated heterocycles. The Labute approximate surface area is 88.2 Å². The standard InChI is InChI=1S/C9H8BrF2NO/c1-4(14)6-2-5(13)3-7(8(6)10)9(11)12/h2-3,9H,13H2,1H3. The lowest BCUT2D eigenvalue weighted by molar-refractivity contribution is 0.101. The molecule has 5 heteroatoms. The summed E-state index contributed by atoms with van der Waals surface area (Å²) < 4.78 is 25.0. The summed E-state index contributed by atoms with van der Waals surface area (Å²) in [5.41, 5.74) is 5.48. The summed E-state index contributed by atoms with van der Waals surface area (Å²) in [7, 11) is 0. The quantitative estimate of drug-likeness (QED) is 0.658. The van der Waals surface area contributed by atoms with E-state index in [0.29, 0.717) is 0 Å². The number of Topliss-reactive ketones (excluding diaryl/α,β-unsaturated/α-hetero) is 1. The number of benzene rings is 1. The van der Waals surface area contributed by atoms with Crippen molar-refractivity contribution in [1.82, 2.24) is 0 Å². The van der Waals surface area contributed by atoms with Crippen LogP contribution in [0.2, 0.25) is 0 Å². The summed E-state index contributed by atoms with van der Waals surface area (Å²) in [6.07, 6.45) is -2.65. The van der Waals surface area contributed by atoms with Crippen molar-refractivity contribution in [2.45, 2.75) is 13.3 Å². The average Bonchev–Trinajstić information content (AvgIpc) is 2.07. The van der Waals surface area contributed by atoms with E-state index in [2.05, 4.69) is 15.9 Å². The minimum atomic E-state index is -2.65. The Hall–Kier alpha value is -0.970. The van der Waals surface area contributed by atoms with E-state index in [1.54, 1.807) is 0 Å². The van der Waals surface area contributed by atoms with Gasteiger partial charge in [0.05, 0.1) is 0 Å². The molecule has 2 nitrogen and oxygen atoms in total. The van der Waals surface area contributed by atoms with E-state index in [4.69, 9.17) is 5.73 Å². The van der Waals surface area contributed by atoms with E-state index in [1.807, 2.05) is 0 Å². The smallest absolute Gasteiger partial charge is 0.265 e. The number of alkyl halides is 2. The highest BCUT2D eigenvalue weighted by Gasteiger charge is 2.17. The predicted molar refractivity (Wildman–Crippen MR) is 53.5 cm³/mol. The average molecular weight is 264 g/mol. The highest BCUT2D eigenvalue weighted by molar-refractivity contribution is 9.10. The maximum atomic E-state index is 12.5. The second-order valence-electron chi connectivity index (χ2n) is 2.83. The van der Waals surface area contributed by atoms with E-state index in [-0.39, 0.29) is 27.1 Å². The molecule has 76 valence electrons. The van der Waals surface area contributed by atoms with Crippen LogP contribution in [0, 0.1) is 0 Å². The van der Waals surface area contributed by atoms with Crippen LogP contribution in [-0.2, 0) is 0 Å². The SMILES string of the molecule is CC(=O)c1cc(N)cc(C(F)F)c1Br. The summed E-state index contributed by atoms with van der Waals surface area (Å²) >= 11 is 2.96.